The van der Waals surface area contributed by atoms with Crippen molar-refractivity contribution in [3.05, 3.63) is 69.8 Å². The van der Waals surface area contributed by atoms with Crippen LogP contribution in [-0.2, 0) is 13.6 Å². The average Bonchev–Trinajstić information content (AvgIpc) is 2.55. The smallest absolute Gasteiger partial charge is 0.404 e. The summed E-state index contributed by atoms with van der Waals surface area (Å²) in [6.07, 6.45) is 0.180. The zero-order valence-corrected chi connectivity index (χ0v) is 13.8. The van der Waals surface area contributed by atoms with E-state index in [2.05, 4.69) is 0 Å². The highest BCUT2D eigenvalue weighted by Gasteiger charge is 2.37. The van der Waals surface area contributed by atoms with Gasteiger partial charge in [0.15, 0.2) is 0 Å². The van der Waals surface area contributed by atoms with Crippen molar-refractivity contribution in [3.63, 3.8) is 0 Å². The number of phosphoric ester groups is 1. The van der Waals surface area contributed by atoms with Crippen LogP contribution < -0.4 is 4.52 Å². The zero-order chi connectivity index (χ0) is 17.2. The number of phosphoric acid groups is 1. The predicted molar refractivity (Wildman–Crippen MR) is 86.9 cm³/mol. The van der Waals surface area contributed by atoms with Gasteiger partial charge in [-0.15, -0.1) is 0 Å². The zero-order valence-electron chi connectivity index (χ0n) is 13.0. The number of benzene rings is 2. The second kappa shape index (κ2) is 6.73. The highest BCUT2D eigenvalue weighted by molar-refractivity contribution is 7.49. The van der Waals surface area contributed by atoms with Crippen LogP contribution in [0.5, 0.6) is 5.75 Å². The van der Waals surface area contributed by atoms with Gasteiger partial charge in [-0.05, 0) is 24.6 Å². The van der Waals surface area contributed by atoms with Crippen molar-refractivity contribution >= 4 is 13.5 Å². The standard InChI is InChI=1S/C16H16NO6P/c1-12-3-2-4-13(11-12)16-9-10-21-24(20,23-16)22-15-7-5-14(6-8-15)17(18)19/h2-8,11,16H,9-10H2,1H3. The lowest BCUT2D eigenvalue weighted by Crippen LogP contribution is -2.16. The lowest BCUT2D eigenvalue weighted by molar-refractivity contribution is -0.384. The van der Waals surface area contributed by atoms with E-state index in [4.69, 9.17) is 13.6 Å². The maximum absolute atomic E-state index is 12.7. The number of non-ortho nitro benzene ring substituents is 1. The van der Waals surface area contributed by atoms with Gasteiger partial charge >= 0.3 is 7.82 Å². The highest BCUT2D eigenvalue weighted by atomic mass is 31.2. The summed E-state index contributed by atoms with van der Waals surface area (Å²) in [5, 5.41) is 10.7. The van der Waals surface area contributed by atoms with Crippen LogP contribution in [-0.4, -0.2) is 11.5 Å². The average molecular weight is 349 g/mol. The Morgan fingerprint density at radius 2 is 2.00 bits per heavy atom. The van der Waals surface area contributed by atoms with E-state index in [9.17, 15) is 14.7 Å². The predicted octanol–water partition coefficient (Wildman–Crippen LogP) is 4.57. The van der Waals surface area contributed by atoms with Gasteiger partial charge in [0.1, 0.15) is 5.75 Å². The summed E-state index contributed by atoms with van der Waals surface area (Å²) >= 11 is 0. The number of hydrogen-bond acceptors (Lipinski definition) is 6. The molecular weight excluding hydrogens is 333 g/mol. The molecule has 2 aromatic rings. The van der Waals surface area contributed by atoms with Crippen molar-refractivity contribution in [2.75, 3.05) is 6.61 Å². The van der Waals surface area contributed by atoms with E-state index in [0.29, 0.717) is 6.42 Å². The molecule has 0 amide bonds. The fraction of sp³-hybridized carbons (Fsp3) is 0.250. The molecule has 0 saturated carbocycles. The Balaban J connectivity index is 1.75. The first-order chi connectivity index (χ1) is 11.5. The summed E-state index contributed by atoms with van der Waals surface area (Å²) in [5.74, 6) is 0.189. The molecule has 0 N–H and O–H groups in total. The van der Waals surface area contributed by atoms with Gasteiger partial charge in [-0.1, -0.05) is 29.8 Å². The maximum Gasteiger partial charge on any atom is 0.530 e. The third-order valence-electron chi connectivity index (χ3n) is 3.56. The third kappa shape index (κ3) is 3.82. The monoisotopic (exact) mass is 349 g/mol. The summed E-state index contributed by atoms with van der Waals surface area (Å²) in [6, 6.07) is 13.0. The molecule has 1 heterocycles. The number of nitro groups is 1. The Kier molecular flexibility index (Phi) is 4.66. The minimum absolute atomic E-state index is 0.0799. The molecule has 3 rings (SSSR count). The van der Waals surface area contributed by atoms with Gasteiger partial charge in [0, 0.05) is 18.6 Å². The molecular formula is C16H16NO6P. The molecule has 24 heavy (non-hydrogen) atoms. The summed E-state index contributed by atoms with van der Waals surface area (Å²) in [6.45, 7) is 2.21. The molecule has 0 aromatic heterocycles. The van der Waals surface area contributed by atoms with E-state index >= 15 is 0 Å². The van der Waals surface area contributed by atoms with Crippen molar-refractivity contribution in [1.82, 2.24) is 0 Å². The molecule has 0 bridgehead atoms. The second-order valence-electron chi connectivity index (χ2n) is 5.42. The molecule has 7 nitrogen and oxygen atoms in total. The molecule has 0 spiro atoms. The lowest BCUT2D eigenvalue weighted by Gasteiger charge is -2.29. The molecule has 126 valence electrons. The first-order valence-electron chi connectivity index (χ1n) is 7.39. The largest absolute Gasteiger partial charge is 0.530 e. The SMILES string of the molecule is Cc1cccc(C2CCOP(=O)(Oc3ccc([N+](=O)[O-])cc3)O2)c1. The summed E-state index contributed by atoms with van der Waals surface area (Å²) in [7, 11) is -3.78. The van der Waals surface area contributed by atoms with Crippen LogP contribution in [0.2, 0.25) is 0 Å². The minimum Gasteiger partial charge on any atom is -0.404 e. The van der Waals surface area contributed by atoms with Gasteiger partial charge in [-0.2, -0.15) is 0 Å². The van der Waals surface area contributed by atoms with Gasteiger partial charge in [0.05, 0.1) is 17.6 Å². The number of nitro benzene ring substituents is 1. The maximum atomic E-state index is 12.7. The Hall–Kier alpha value is -2.21. The van der Waals surface area contributed by atoms with E-state index in [-0.39, 0.29) is 24.1 Å². The van der Waals surface area contributed by atoms with Crippen LogP contribution in [0.4, 0.5) is 5.69 Å². The van der Waals surface area contributed by atoms with E-state index in [0.717, 1.165) is 11.1 Å². The molecule has 2 unspecified atom stereocenters. The van der Waals surface area contributed by atoms with E-state index in [1.165, 1.54) is 24.3 Å². The van der Waals surface area contributed by atoms with Crippen LogP contribution in [0.25, 0.3) is 0 Å². The highest BCUT2D eigenvalue weighted by Crippen LogP contribution is 2.56. The van der Waals surface area contributed by atoms with E-state index < -0.39 is 12.7 Å². The minimum atomic E-state index is -3.78. The fourth-order valence-corrected chi connectivity index (χ4v) is 3.82. The van der Waals surface area contributed by atoms with E-state index in [1.807, 2.05) is 31.2 Å². The third-order valence-corrected chi connectivity index (χ3v) is 5.01. The Morgan fingerprint density at radius 1 is 1.25 bits per heavy atom. The molecule has 0 radical (unpaired) electrons. The van der Waals surface area contributed by atoms with Crippen LogP contribution in [0.1, 0.15) is 23.7 Å². The molecule has 1 aliphatic heterocycles. The first kappa shape index (κ1) is 16.6. The number of hydrogen-bond donors (Lipinski definition) is 0. The molecule has 1 aliphatic rings. The summed E-state index contributed by atoms with van der Waals surface area (Å²) in [4.78, 5) is 10.1. The van der Waals surface area contributed by atoms with Crippen molar-refractivity contribution in [2.45, 2.75) is 19.4 Å². The van der Waals surface area contributed by atoms with Gasteiger partial charge in [-0.3, -0.25) is 19.2 Å². The Bertz CT molecular complexity index is 791. The number of nitrogens with zero attached hydrogens (tertiary/aromatic N) is 1. The second-order valence-corrected chi connectivity index (χ2v) is 6.97. The first-order valence-corrected chi connectivity index (χ1v) is 8.85. The van der Waals surface area contributed by atoms with Gasteiger partial charge in [-0.25, -0.2) is 4.57 Å². The van der Waals surface area contributed by atoms with Crippen molar-refractivity contribution in [2.24, 2.45) is 0 Å². The van der Waals surface area contributed by atoms with Gasteiger partial charge in [0.25, 0.3) is 5.69 Å². The van der Waals surface area contributed by atoms with Crippen LogP contribution in [0, 0.1) is 17.0 Å². The molecule has 0 aliphatic carbocycles. The topological polar surface area (TPSA) is 87.9 Å². The molecule has 8 heteroatoms. The number of aryl methyl sites for hydroxylation is 1. The fourth-order valence-electron chi connectivity index (χ4n) is 2.41. The molecule has 1 fully saturated rings. The number of rotatable bonds is 4. The van der Waals surface area contributed by atoms with Gasteiger partial charge in [0.2, 0.25) is 0 Å². The van der Waals surface area contributed by atoms with Crippen molar-refractivity contribution in [3.8, 4) is 5.75 Å². The van der Waals surface area contributed by atoms with Crippen LogP contribution in [0.3, 0.4) is 0 Å². The summed E-state index contributed by atoms with van der Waals surface area (Å²) in [5.41, 5.74) is 1.91. The van der Waals surface area contributed by atoms with Gasteiger partial charge < -0.3 is 4.52 Å². The van der Waals surface area contributed by atoms with Crippen molar-refractivity contribution in [1.29, 1.82) is 0 Å². The normalized spacial score (nSPS) is 23.6. The lowest BCUT2D eigenvalue weighted by atomic mass is 10.0. The Morgan fingerprint density at radius 3 is 2.67 bits per heavy atom. The molecule has 1 saturated heterocycles. The molecule has 2 aromatic carbocycles. The Labute approximate surface area is 138 Å². The van der Waals surface area contributed by atoms with Crippen molar-refractivity contribution < 1.29 is 23.1 Å². The quantitative estimate of drug-likeness (QED) is 0.456. The summed E-state index contributed by atoms with van der Waals surface area (Å²) < 4.78 is 28.8. The van der Waals surface area contributed by atoms with E-state index in [1.54, 1.807) is 0 Å². The molecule has 2 atom stereocenters. The van der Waals surface area contributed by atoms with Crippen LogP contribution in [0.15, 0.2) is 48.5 Å². The van der Waals surface area contributed by atoms with Crippen LogP contribution >= 0.6 is 7.82 Å².